The highest BCUT2D eigenvalue weighted by Crippen LogP contribution is 2.35. The minimum atomic E-state index is -3.67. The third-order valence-electron chi connectivity index (χ3n) is 6.18. The molecule has 1 fully saturated rings. The normalized spacial score (nSPS) is 22.0. The van der Waals surface area contributed by atoms with Crippen LogP contribution in [0.15, 0.2) is 47.4 Å². The molecule has 0 saturated carbocycles. The summed E-state index contributed by atoms with van der Waals surface area (Å²) in [5.41, 5.74) is 2.90. The summed E-state index contributed by atoms with van der Waals surface area (Å²) in [5.74, 6) is 0.349. The number of benzene rings is 2. The zero-order chi connectivity index (χ0) is 21.5. The lowest BCUT2D eigenvalue weighted by Crippen LogP contribution is -2.48. The van der Waals surface area contributed by atoms with Crippen LogP contribution >= 0.6 is 0 Å². The number of nitrogens with zero attached hydrogens (tertiary/aromatic N) is 2. The number of hydrogen-bond donors (Lipinski definition) is 0. The van der Waals surface area contributed by atoms with Gasteiger partial charge in [0.05, 0.1) is 17.9 Å². The van der Waals surface area contributed by atoms with Crippen molar-refractivity contribution >= 4 is 21.6 Å². The van der Waals surface area contributed by atoms with Crippen molar-refractivity contribution in [2.45, 2.75) is 44.0 Å². The second-order valence-electron chi connectivity index (χ2n) is 8.22. The first-order valence-corrected chi connectivity index (χ1v) is 11.8. The first kappa shape index (κ1) is 20.9. The maximum Gasteiger partial charge on any atom is 0.243 e. The fraction of sp³-hybridized carbons (Fsp3) is 0.435. The number of hydrogen-bond acceptors (Lipinski definition) is 4. The van der Waals surface area contributed by atoms with Crippen molar-refractivity contribution in [2.75, 3.05) is 25.1 Å². The zero-order valence-electron chi connectivity index (χ0n) is 17.7. The molecule has 6 nitrogen and oxygen atoms in total. The number of para-hydroxylation sites is 1. The number of methoxy groups -OCH3 is 1. The zero-order valence-corrected chi connectivity index (χ0v) is 18.5. The molecule has 0 N–H and O–H groups in total. The van der Waals surface area contributed by atoms with E-state index in [0.717, 1.165) is 17.7 Å². The Hall–Kier alpha value is -2.38. The standard InChI is InChI=1S/C23H28N2O4S/c1-16-13-20(10-11-22(16)29-3)30(27,28)24-12-6-8-19(15-24)23(26)25-17(2)14-18-7-4-5-9-21(18)25/h4-5,7,9-11,13,17,19H,6,8,12,14-15H2,1-3H3/t17-,19+/m0/s1. The molecule has 0 aliphatic carbocycles. The Kier molecular flexibility index (Phi) is 5.59. The Morgan fingerprint density at radius 2 is 1.93 bits per heavy atom. The second kappa shape index (κ2) is 8.04. The van der Waals surface area contributed by atoms with Gasteiger partial charge in [-0.15, -0.1) is 0 Å². The van der Waals surface area contributed by atoms with Gasteiger partial charge in [-0.2, -0.15) is 4.31 Å². The Balaban J connectivity index is 1.56. The molecule has 7 heteroatoms. The van der Waals surface area contributed by atoms with Gasteiger partial charge in [0, 0.05) is 24.8 Å². The van der Waals surface area contributed by atoms with Crippen LogP contribution < -0.4 is 9.64 Å². The van der Waals surface area contributed by atoms with Crippen molar-refractivity contribution in [2.24, 2.45) is 5.92 Å². The highest BCUT2D eigenvalue weighted by Gasteiger charge is 2.39. The van der Waals surface area contributed by atoms with Crippen molar-refractivity contribution < 1.29 is 17.9 Å². The monoisotopic (exact) mass is 428 g/mol. The van der Waals surface area contributed by atoms with Gasteiger partial charge >= 0.3 is 0 Å². The molecule has 0 bridgehead atoms. The van der Waals surface area contributed by atoms with Gasteiger partial charge in [0.25, 0.3) is 0 Å². The number of ether oxygens (including phenoxy) is 1. The molecule has 1 saturated heterocycles. The number of piperidine rings is 1. The van der Waals surface area contributed by atoms with Crippen LogP contribution in [-0.4, -0.2) is 44.9 Å². The molecule has 2 aromatic rings. The fourth-order valence-corrected chi connectivity index (χ4v) is 6.23. The molecule has 4 rings (SSSR count). The Labute approximate surface area is 178 Å². The molecule has 30 heavy (non-hydrogen) atoms. The largest absolute Gasteiger partial charge is 0.496 e. The molecule has 2 aliphatic heterocycles. The van der Waals surface area contributed by atoms with Crippen LogP contribution in [-0.2, 0) is 21.2 Å². The number of anilines is 1. The number of amides is 1. The van der Waals surface area contributed by atoms with Gasteiger partial charge in [0.1, 0.15) is 5.75 Å². The predicted octanol–water partition coefficient (Wildman–Crippen LogP) is 3.38. The average Bonchev–Trinajstić information content (AvgIpc) is 3.08. The van der Waals surface area contributed by atoms with Gasteiger partial charge in [0.15, 0.2) is 0 Å². The van der Waals surface area contributed by atoms with E-state index < -0.39 is 10.0 Å². The number of rotatable bonds is 4. The smallest absolute Gasteiger partial charge is 0.243 e. The predicted molar refractivity (Wildman–Crippen MR) is 116 cm³/mol. The van der Waals surface area contributed by atoms with Crippen molar-refractivity contribution in [1.29, 1.82) is 0 Å². The summed E-state index contributed by atoms with van der Waals surface area (Å²) in [6, 6.07) is 13.0. The van der Waals surface area contributed by atoms with Crippen molar-refractivity contribution in [3.63, 3.8) is 0 Å². The van der Waals surface area contributed by atoms with E-state index in [2.05, 4.69) is 13.0 Å². The van der Waals surface area contributed by atoms with E-state index in [9.17, 15) is 13.2 Å². The number of fused-ring (bicyclic) bond motifs is 1. The van der Waals surface area contributed by atoms with E-state index in [4.69, 9.17) is 4.74 Å². The van der Waals surface area contributed by atoms with E-state index in [0.29, 0.717) is 25.1 Å². The summed E-state index contributed by atoms with van der Waals surface area (Å²) in [5, 5.41) is 0. The molecule has 0 aromatic heterocycles. The summed E-state index contributed by atoms with van der Waals surface area (Å²) in [6.45, 7) is 4.53. The average molecular weight is 429 g/mol. The van der Waals surface area contributed by atoms with Gasteiger partial charge < -0.3 is 9.64 Å². The molecule has 0 radical (unpaired) electrons. The lowest BCUT2D eigenvalue weighted by molar-refractivity contribution is -0.123. The maximum atomic E-state index is 13.4. The lowest BCUT2D eigenvalue weighted by Gasteiger charge is -2.34. The van der Waals surface area contributed by atoms with Crippen LogP contribution in [0.25, 0.3) is 0 Å². The third-order valence-corrected chi connectivity index (χ3v) is 8.04. The van der Waals surface area contributed by atoms with Gasteiger partial charge in [-0.1, -0.05) is 18.2 Å². The van der Waals surface area contributed by atoms with Crippen LogP contribution in [0.5, 0.6) is 5.75 Å². The molecule has 0 spiro atoms. The Bertz CT molecular complexity index is 1070. The third kappa shape index (κ3) is 3.61. The highest BCUT2D eigenvalue weighted by atomic mass is 32.2. The minimum Gasteiger partial charge on any atom is -0.496 e. The van der Waals surface area contributed by atoms with E-state index in [1.165, 1.54) is 9.87 Å². The summed E-state index contributed by atoms with van der Waals surface area (Å²) < 4.78 is 33.2. The van der Waals surface area contributed by atoms with E-state index in [1.54, 1.807) is 25.3 Å². The number of sulfonamides is 1. The summed E-state index contributed by atoms with van der Waals surface area (Å²) in [4.78, 5) is 15.5. The maximum absolute atomic E-state index is 13.4. The summed E-state index contributed by atoms with van der Waals surface area (Å²) >= 11 is 0. The molecule has 160 valence electrons. The fourth-order valence-electron chi connectivity index (χ4n) is 4.62. The van der Waals surface area contributed by atoms with Crippen molar-refractivity contribution in [3.8, 4) is 5.75 Å². The Morgan fingerprint density at radius 1 is 1.17 bits per heavy atom. The number of carbonyl (C=O) groups is 1. The molecule has 2 atom stereocenters. The van der Waals surface area contributed by atoms with Gasteiger partial charge in [-0.25, -0.2) is 8.42 Å². The van der Waals surface area contributed by atoms with Gasteiger partial charge in [-0.05, 0) is 68.5 Å². The van der Waals surface area contributed by atoms with Crippen LogP contribution in [0.1, 0.15) is 30.9 Å². The van der Waals surface area contributed by atoms with Crippen LogP contribution in [0.4, 0.5) is 5.69 Å². The molecular formula is C23H28N2O4S. The summed E-state index contributed by atoms with van der Waals surface area (Å²) in [7, 11) is -2.10. The highest BCUT2D eigenvalue weighted by molar-refractivity contribution is 7.89. The minimum absolute atomic E-state index is 0.0262. The van der Waals surface area contributed by atoms with Crippen molar-refractivity contribution in [1.82, 2.24) is 4.31 Å². The second-order valence-corrected chi connectivity index (χ2v) is 10.2. The van der Waals surface area contributed by atoms with E-state index >= 15 is 0 Å². The molecule has 2 aromatic carbocycles. The van der Waals surface area contributed by atoms with Gasteiger partial charge in [-0.3, -0.25) is 4.79 Å². The first-order valence-electron chi connectivity index (χ1n) is 10.4. The summed E-state index contributed by atoms with van der Waals surface area (Å²) in [6.07, 6.45) is 2.22. The topological polar surface area (TPSA) is 66.9 Å². The lowest BCUT2D eigenvalue weighted by atomic mass is 9.97. The molecule has 2 heterocycles. The van der Waals surface area contributed by atoms with Crippen LogP contribution in [0.3, 0.4) is 0 Å². The van der Waals surface area contributed by atoms with E-state index in [-0.39, 0.29) is 29.3 Å². The Morgan fingerprint density at radius 3 is 2.67 bits per heavy atom. The van der Waals surface area contributed by atoms with Gasteiger partial charge in [0.2, 0.25) is 15.9 Å². The van der Waals surface area contributed by atoms with Crippen LogP contribution in [0.2, 0.25) is 0 Å². The number of carbonyl (C=O) groups excluding carboxylic acids is 1. The SMILES string of the molecule is COc1ccc(S(=O)(=O)N2CCC[C@@H](C(=O)N3c4ccccc4C[C@@H]3C)C2)cc1C. The molecule has 0 unspecified atom stereocenters. The molecular weight excluding hydrogens is 400 g/mol. The van der Waals surface area contributed by atoms with Crippen molar-refractivity contribution in [3.05, 3.63) is 53.6 Å². The van der Waals surface area contributed by atoms with E-state index in [1.807, 2.05) is 30.0 Å². The van der Waals surface area contributed by atoms with Crippen LogP contribution in [0, 0.1) is 12.8 Å². The quantitative estimate of drug-likeness (QED) is 0.749. The first-order chi connectivity index (χ1) is 14.3. The molecule has 1 amide bonds. The number of aryl methyl sites for hydroxylation is 1. The molecule has 2 aliphatic rings.